The zero-order valence-corrected chi connectivity index (χ0v) is 10.9. The van der Waals surface area contributed by atoms with Gasteiger partial charge in [-0.05, 0) is 20.8 Å². The quantitative estimate of drug-likeness (QED) is 0.763. The lowest BCUT2D eigenvalue weighted by atomic mass is 10.2. The second kappa shape index (κ2) is 6.90. The Bertz CT molecular complexity index is 410. The summed E-state index contributed by atoms with van der Waals surface area (Å²) in [6.07, 6.45) is 1.24. The van der Waals surface area contributed by atoms with Gasteiger partial charge in [0.1, 0.15) is 5.82 Å². The van der Waals surface area contributed by atoms with Gasteiger partial charge >= 0.3 is 5.97 Å². The molecule has 1 aromatic rings. The van der Waals surface area contributed by atoms with Crippen molar-refractivity contribution in [1.29, 1.82) is 0 Å². The number of carbonyl (C=O) groups is 1. The van der Waals surface area contributed by atoms with E-state index in [1.807, 2.05) is 20.8 Å². The van der Waals surface area contributed by atoms with Crippen LogP contribution in [-0.4, -0.2) is 40.3 Å². The first kappa shape index (κ1) is 14.4. The lowest BCUT2D eigenvalue weighted by Crippen LogP contribution is -2.26. The first-order valence-corrected chi connectivity index (χ1v) is 5.90. The summed E-state index contributed by atoms with van der Waals surface area (Å²) >= 11 is 0. The first-order valence-electron chi connectivity index (χ1n) is 5.90. The third-order valence-corrected chi connectivity index (χ3v) is 2.51. The van der Waals surface area contributed by atoms with Gasteiger partial charge < -0.3 is 15.2 Å². The lowest BCUT2D eigenvalue weighted by Gasteiger charge is -2.16. The van der Waals surface area contributed by atoms with Crippen LogP contribution in [0.25, 0.3) is 0 Å². The van der Waals surface area contributed by atoms with Gasteiger partial charge in [-0.1, -0.05) is 0 Å². The van der Waals surface area contributed by atoms with Crippen LogP contribution in [0.5, 0.6) is 0 Å². The highest BCUT2D eigenvalue weighted by Crippen LogP contribution is 2.07. The summed E-state index contributed by atoms with van der Waals surface area (Å²) in [4.78, 5) is 19.1. The summed E-state index contributed by atoms with van der Waals surface area (Å²) in [5.41, 5.74) is 1.73. The fraction of sp³-hybridized carbons (Fsp3) is 0.583. The minimum Gasteiger partial charge on any atom is -0.481 e. The summed E-state index contributed by atoms with van der Waals surface area (Å²) in [5.74, 6) is -0.241. The molecule has 0 saturated carbocycles. The number of carboxylic acid groups (broad SMARTS) is 1. The monoisotopic (exact) mass is 253 g/mol. The molecule has 100 valence electrons. The summed E-state index contributed by atoms with van der Waals surface area (Å²) in [6, 6.07) is 0. The van der Waals surface area contributed by atoms with Gasteiger partial charge in [-0.3, -0.25) is 9.78 Å². The third-order valence-electron chi connectivity index (χ3n) is 2.51. The number of hydrogen-bond donors (Lipinski definition) is 2. The molecule has 0 fully saturated rings. The van der Waals surface area contributed by atoms with Crippen molar-refractivity contribution < 1.29 is 14.6 Å². The molecule has 1 atom stereocenters. The van der Waals surface area contributed by atoms with Crippen LogP contribution in [0.15, 0.2) is 6.20 Å². The Morgan fingerprint density at radius 1 is 1.50 bits per heavy atom. The van der Waals surface area contributed by atoms with Crippen LogP contribution < -0.4 is 5.32 Å². The van der Waals surface area contributed by atoms with E-state index in [4.69, 9.17) is 9.84 Å². The number of carboxylic acids is 1. The number of nitrogens with one attached hydrogen (secondary N) is 1. The Morgan fingerprint density at radius 3 is 2.78 bits per heavy atom. The molecule has 18 heavy (non-hydrogen) atoms. The number of anilines is 1. The number of rotatable bonds is 7. The molecule has 0 aromatic carbocycles. The molecule has 0 saturated heterocycles. The summed E-state index contributed by atoms with van der Waals surface area (Å²) in [5, 5.41) is 11.8. The zero-order valence-electron chi connectivity index (χ0n) is 10.9. The van der Waals surface area contributed by atoms with Crippen LogP contribution >= 0.6 is 0 Å². The number of aryl methyl sites for hydroxylation is 2. The van der Waals surface area contributed by atoms with E-state index < -0.39 is 5.97 Å². The van der Waals surface area contributed by atoms with E-state index in [9.17, 15) is 4.79 Å². The molecule has 1 unspecified atom stereocenters. The van der Waals surface area contributed by atoms with Crippen molar-refractivity contribution in [2.45, 2.75) is 33.3 Å². The highest BCUT2D eigenvalue weighted by molar-refractivity contribution is 5.67. The third kappa shape index (κ3) is 4.67. The first-order chi connectivity index (χ1) is 8.52. The van der Waals surface area contributed by atoms with Gasteiger partial charge in [0.25, 0.3) is 0 Å². The molecule has 0 bridgehead atoms. The van der Waals surface area contributed by atoms with Gasteiger partial charge in [-0.25, -0.2) is 4.98 Å². The maximum atomic E-state index is 10.7. The summed E-state index contributed by atoms with van der Waals surface area (Å²) < 4.78 is 5.34. The highest BCUT2D eigenvalue weighted by atomic mass is 16.5. The van der Waals surface area contributed by atoms with Gasteiger partial charge in [0.05, 0.1) is 30.1 Å². The van der Waals surface area contributed by atoms with Crippen molar-refractivity contribution in [3.8, 4) is 0 Å². The molecule has 0 spiro atoms. The largest absolute Gasteiger partial charge is 0.481 e. The average Bonchev–Trinajstić information content (AvgIpc) is 2.30. The lowest BCUT2D eigenvalue weighted by molar-refractivity contribution is -0.139. The van der Waals surface area contributed by atoms with E-state index in [0.717, 1.165) is 11.4 Å². The van der Waals surface area contributed by atoms with Gasteiger partial charge in [0, 0.05) is 13.2 Å². The fourth-order valence-corrected chi connectivity index (χ4v) is 1.47. The normalized spacial score (nSPS) is 12.2. The SMILES string of the molecule is CCOC(CNc1cnc(C)c(C)n1)CC(=O)O. The van der Waals surface area contributed by atoms with Crippen LogP contribution in [0, 0.1) is 13.8 Å². The molecule has 6 nitrogen and oxygen atoms in total. The van der Waals surface area contributed by atoms with Crippen molar-refractivity contribution in [2.24, 2.45) is 0 Å². The molecule has 0 aliphatic carbocycles. The van der Waals surface area contributed by atoms with Crippen molar-refractivity contribution >= 4 is 11.8 Å². The Hall–Kier alpha value is -1.69. The maximum absolute atomic E-state index is 10.7. The predicted molar refractivity (Wildman–Crippen MR) is 67.7 cm³/mol. The molecule has 1 rings (SSSR count). The average molecular weight is 253 g/mol. The Labute approximate surface area is 106 Å². The second-order valence-electron chi connectivity index (χ2n) is 3.98. The molecular weight excluding hydrogens is 234 g/mol. The van der Waals surface area contributed by atoms with Crippen LogP contribution in [0.4, 0.5) is 5.82 Å². The number of ether oxygens (including phenoxy) is 1. The van der Waals surface area contributed by atoms with Crippen LogP contribution in [0.3, 0.4) is 0 Å². The van der Waals surface area contributed by atoms with E-state index in [1.165, 1.54) is 0 Å². The summed E-state index contributed by atoms with van der Waals surface area (Å²) in [7, 11) is 0. The van der Waals surface area contributed by atoms with Gasteiger partial charge in [0.2, 0.25) is 0 Å². The van der Waals surface area contributed by atoms with Crippen molar-refractivity contribution in [1.82, 2.24) is 9.97 Å². The van der Waals surface area contributed by atoms with Crippen LogP contribution in [-0.2, 0) is 9.53 Å². The second-order valence-corrected chi connectivity index (χ2v) is 3.98. The van der Waals surface area contributed by atoms with Crippen molar-refractivity contribution in [2.75, 3.05) is 18.5 Å². The molecule has 1 aromatic heterocycles. The highest BCUT2D eigenvalue weighted by Gasteiger charge is 2.13. The minimum atomic E-state index is -0.874. The summed E-state index contributed by atoms with van der Waals surface area (Å²) in [6.45, 7) is 6.49. The zero-order chi connectivity index (χ0) is 13.5. The Kier molecular flexibility index (Phi) is 5.51. The number of aliphatic carboxylic acids is 1. The van der Waals surface area contributed by atoms with E-state index in [-0.39, 0.29) is 12.5 Å². The molecule has 0 amide bonds. The fourth-order valence-electron chi connectivity index (χ4n) is 1.47. The minimum absolute atomic E-state index is 0.0287. The van der Waals surface area contributed by atoms with Crippen molar-refractivity contribution in [3.63, 3.8) is 0 Å². The Balaban J connectivity index is 2.55. The number of hydrogen-bond acceptors (Lipinski definition) is 5. The van der Waals surface area contributed by atoms with Crippen LogP contribution in [0.2, 0.25) is 0 Å². The van der Waals surface area contributed by atoms with Gasteiger partial charge in [-0.15, -0.1) is 0 Å². The van der Waals surface area contributed by atoms with Crippen LogP contribution in [0.1, 0.15) is 24.7 Å². The van der Waals surface area contributed by atoms with E-state index in [1.54, 1.807) is 6.20 Å². The molecular formula is C12H19N3O3. The Morgan fingerprint density at radius 2 is 2.22 bits per heavy atom. The number of nitrogens with zero attached hydrogens (tertiary/aromatic N) is 2. The molecule has 2 N–H and O–H groups in total. The van der Waals surface area contributed by atoms with Gasteiger partial charge in [0.15, 0.2) is 0 Å². The number of aromatic nitrogens is 2. The van der Waals surface area contributed by atoms with E-state index >= 15 is 0 Å². The maximum Gasteiger partial charge on any atom is 0.306 e. The molecule has 0 radical (unpaired) electrons. The van der Waals surface area contributed by atoms with E-state index in [2.05, 4.69) is 15.3 Å². The predicted octanol–water partition coefficient (Wildman–Crippen LogP) is 1.39. The molecule has 6 heteroatoms. The van der Waals surface area contributed by atoms with Gasteiger partial charge in [-0.2, -0.15) is 0 Å². The molecule has 0 aliphatic rings. The standard InChI is InChI=1S/C12H19N3O3/c1-4-18-10(5-12(16)17)6-14-11-7-13-8(2)9(3)15-11/h7,10H,4-6H2,1-3H3,(H,14,15)(H,16,17). The molecule has 1 heterocycles. The smallest absolute Gasteiger partial charge is 0.306 e. The van der Waals surface area contributed by atoms with E-state index in [0.29, 0.717) is 19.0 Å². The van der Waals surface area contributed by atoms with Crippen molar-refractivity contribution in [3.05, 3.63) is 17.6 Å². The molecule has 0 aliphatic heterocycles. The topological polar surface area (TPSA) is 84.3 Å².